The number of rotatable bonds is 7. The standard InChI is InChI=1S/C18H27NO/c1-13(2)17(18(20)15-6-4-3-5-7-15)19(16-10-11-16)12-14-8-9-14/h3-7,13-14,16-18,20H,8-12H2,1-2H3. The summed E-state index contributed by atoms with van der Waals surface area (Å²) in [5.41, 5.74) is 1.06. The third kappa shape index (κ3) is 3.24. The van der Waals surface area contributed by atoms with Gasteiger partial charge in [-0.05, 0) is 43.1 Å². The van der Waals surface area contributed by atoms with Crippen LogP contribution < -0.4 is 0 Å². The van der Waals surface area contributed by atoms with Gasteiger partial charge in [-0.2, -0.15) is 0 Å². The first-order valence-electron chi connectivity index (χ1n) is 8.15. The maximum atomic E-state index is 10.9. The van der Waals surface area contributed by atoms with E-state index < -0.39 is 0 Å². The smallest absolute Gasteiger partial charge is 0.0947 e. The zero-order valence-corrected chi connectivity index (χ0v) is 12.7. The van der Waals surface area contributed by atoms with Crippen molar-refractivity contribution >= 4 is 0 Å². The van der Waals surface area contributed by atoms with Crippen LogP contribution in [0.3, 0.4) is 0 Å². The van der Waals surface area contributed by atoms with Gasteiger partial charge in [0.1, 0.15) is 0 Å². The van der Waals surface area contributed by atoms with Crippen LogP contribution in [0.4, 0.5) is 0 Å². The number of hydrogen-bond acceptors (Lipinski definition) is 2. The van der Waals surface area contributed by atoms with Crippen molar-refractivity contribution in [3.05, 3.63) is 35.9 Å². The van der Waals surface area contributed by atoms with Crippen LogP contribution in [0.15, 0.2) is 30.3 Å². The number of aliphatic hydroxyl groups excluding tert-OH is 1. The molecule has 0 spiro atoms. The van der Waals surface area contributed by atoms with Gasteiger partial charge in [-0.15, -0.1) is 0 Å². The second-order valence-electron chi connectivity index (χ2n) is 6.96. The molecule has 1 aromatic carbocycles. The van der Waals surface area contributed by atoms with Crippen molar-refractivity contribution < 1.29 is 5.11 Å². The van der Waals surface area contributed by atoms with Crippen LogP contribution in [0.1, 0.15) is 51.2 Å². The molecule has 20 heavy (non-hydrogen) atoms. The first kappa shape index (κ1) is 14.1. The fraction of sp³-hybridized carbons (Fsp3) is 0.667. The molecule has 2 aliphatic rings. The Morgan fingerprint density at radius 2 is 1.75 bits per heavy atom. The Morgan fingerprint density at radius 3 is 2.25 bits per heavy atom. The van der Waals surface area contributed by atoms with Gasteiger partial charge < -0.3 is 5.11 Å². The molecule has 0 amide bonds. The molecule has 110 valence electrons. The predicted molar refractivity (Wildman–Crippen MR) is 82.5 cm³/mol. The van der Waals surface area contributed by atoms with Gasteiger partial charge in [0.15, 0.2) is 0 Å². The van der Waals surface area contributed by atoms with Crippen LogP contribution in [0.5, 0.6) is 0 Å². The molecule has 2 heteroatoms. The summed E-state index contributed by atoms with van der Waals surface area (Å²) in [6.07, 6.45) is 5.04. The molecule has 3 rings (SSSR count). The number of nitrogens with zero attached hydrogens (tertiary/aromatic N) is 1. The molecule has 0 heterocycles. The van der Waals surface area contributed by atoms with Crippen molar-refractivity contribution in [2.45, 2.75) is 57.7 Å². The van der Waals surface area contributed by atoms with E-state index in [0.717, 1.165) is 17.5 Å². The van der Waals surface area contributed by atoms with Crippen LogP contribution in [-0.2, 0) is 0 Å². The van der Waals surface area contributed by atoms with E-state index in [9.17, 15) is 5.11 Å². The first-order valence-corrected chi connectivity index (χ1v) is 8.15. The Balaban J connectivity index is 1.79. The van der Waals surface area contributed by atoms with Crippen molar-refractivity contribution in [1.82, 2.24) is 4.90 Å². The number of hydrogen-bond donors (Lipinski definition) is 1. The van der Waals surface area contributed by atoms with Gasteiger partial charge in [0, 0.05) is 18.6 Å². The molecule has 2 aliphatic carbocycles. The molecule has 2 fully saturated rings. The number of benzene rings is 1. The van der Waals surface area contributed by atoms with E-state index in [1.807, 2.05) is 18.2 Å². The van der Waals surface area contributed by atoms with Crippen molar-refractivity contribution in [3.63, 3.8) is 0 Å². The summed E-state index contributed by atoms with van der Waals surface area (Å²) in [5, 5.41) is 10.9. The van der Waals surface area contributed by atoms with Gasteiger partial charge in [0.05, 0.1) is 6.10 Å². The third-order valence-electron chi connectivity index (χ3n) is 4.71. The fourth-order valence-electron chi connectivity index (χ4n) is 3.30. The molecule has 1 aromatic rings. The van der Waals surface area contributed by atoms with Crippen molar-refractivity contribution in [1.29, 1.82) is 0 Å². The SMILES string of the molecule is CC(C)C(C(O)c1ccccc1)N(CC1CC1)C1CC1. The lowest BCUT2D eigenvalue weighted by atomic mass is 9.91. The van der Waals surface area contributed by atoms with E-state index in [-0.39, 0.29) is 12.1 Å². The second-order valence-corrected chi connectivity index (χ2v) is 6.96. The second kappa shape index (κ2) is 5.87. The molecular formula is C18H27NO. The van der Waals surface area contributed by atoms with E-state index in [1.54, 1.807) is 0 Å². The van der Waals surface area contributed by atoms with E-state index in [0.29, 0.717) is 5.92 Å². The number of aliphatic hydroxyl groups is 1. The van der Waals surface area contributed by atoms with E-state index in [2.05, 4.69) is 30.9 Å². The molecule has 1 N–H and O–H groups in total. The topological polar surface area (TPSA) is 23.5 Å². The van der Waals surface area contributed by atoms with Gasteiger partial charge in [0.25, 0.3) is 0 Å². The lowest BCUT2D eigenvalue weighted by Gasteiger charge is -2.38. The Morgan fingerprint density at radius 1 is 1.10 bits per heavy atom. The van der Waals surface area contributed by atoms with Crippen LogP contribution >= 0.6 is 0 Å². The normalized spacial score (nSPS) is 22.2. The van der Waals surface area contributed by atoms with Crippen molar-refractivity contribution in [2.75, 3.05) is 6.54 Å². The summed E-state index contributed by atoms with van der Waals surface area (Å²) >= 11 is 0. The summed E-state index contributed by atoms with van der Waals surface area (Å²) in [7, 11) is 0. The molecule has 0 aromatic heterocycles. The molecule has 2 atom stereocenters. The largest absolute Gasteiger partial charge is 0.387 e. The molecular weight excluding hydrogens is 246 g/mol. The summed E-state index contributed by atoms with van der Waals surface area (Å²) in [6, 6.07) is 11.2. The zero-order chi connectivity index (χ0) is 14.1. The Labute approximate surface area is 122 Å². The van der Waals surface area contributed by atoms with Gasteiger partial charge >= 0.3 is 0 Å². The van der Waals surface area contributed by atoms with E-state index >= 15 is 0 Å². The first-order chi connectivity index (χ1) is 9.66. The summed E-state index contributed by atoms with van der Waals surface area (Å²) in [5.74, 6) is 1.37. The third-order valence-corrected chi connectivity index (χ3v) is 4.71. The Hall–Kier alpha value is -0.860. The Kier molecular flexibility index (Phi) is 4.13. The molecule has 0 bridgehead atoms. The van der Waals surface area contributed by atoms with Gasteiger partial charge in [-0.3, -0.25) is 4.90 Å². The maximum absolute atomic E-state index is 10.9. The minimum absolute atomic E-state index is 0.255. The van der Waals surface area contributed by atoms with Gasteiger partial charge in [-0.25, -0.2) is 0 Å². The highest BCUT2D eigenvalue weighted by Gasteiger charge is 2.41. The average Bonchev–Trinajstić information content (AvgIpc) is 3.31. The van der Waals surface area contributed by atoms with Crippen molar-refractivity contribution in [3.8, 4) is 0 Å². The minimum atomic E-state index is -0.365. The molecule has 0 aliphatic heterocycles. The van der Waals surface area contributed by atoms with Crippen LogP contribution in [0, 0.1) is 11.8 Å². The van der Waals surface area contributed by atoms with Crippen LogP contribution in [0.2, 0.25) is 0 Å². The molecule has 2 saturated carbocycles. The molecule has 2 unspecified atom stereocenters. The molecule has 0 saturated heterocycles. The highest BCUT2D eigenvalue weighted by molar-refractivity contribution is 5.19. The maximum Gasteiger partial charge on any atom is 0.0947 e. The van der Waals surface area contributed by atoms with Gasteiger partial charge in [-0.1, -0.05) is 44.2 Å². The summed E-state index contributed by atoms with van der Waals surface area (Å²) < 4.78 is 0. The highest BCUT2D eigenvalue weighted by Crippen LogP contribution is 2.40. The van der Waals surface area contributed by atoms with Crippen molar-refractivity contribution in [2.24, 2.45) is 11.8 Å². The fourth-order valence-corrected chi connectivity index (χ4v) is 3.30. The monoisotopic (exact) mass is 273 g/mol. The lowest BCUT2D eigenvalue weighted by Crippen LogP contribution is -2.45. The van der Waals surface area contributed by atoms with Gasteiger partial charge in [0.2, 0.25) is 0 Å². The van der Waals surface area contributed by atoms with E-state index in [1.165, 1.54) is 32.2 Å². The quantitative estimate of drug-likeness (QED) is 0.820. The van der Waals surface area contributed by atoms with E-state index in [4.69, 9.17) is 0 Å². The Bertz CT molecular complexity index is 422. The highest BCUT2D eigenvalue weighted by atomic mass is 16.3. The van der Waals surface area contributed by atoms with Crippen LogP contribution in [0.25, 0.3) is 0 Å². The minimum Gasteiger partial charge on any atom is -0.387 e. The molecule has 2 nitrogen and oxygen atoms in total. The zero-order valence-electron chi connectivity index (χ0n) is 12.7. The van der Waals surface area contributed by atoms with Crippen LogP contribution in [-0.4, -0.2) is 28.6 Å². The molecule has 0 radical (unpaired) electrons. The predicted octanol–water partition coefficient (Wildman–Crippen LogP) is 3.62. The summed E-state index contributed by atoms with van der Waals surface area (Å²) in [6.45, 7) is 5.69. The summed E-state index contributed by atoms with van der Waals surface area (Å²) in [4.78, 5) is 2.62. The average molecular weight is 273 g/mol. The lowest BCUT2D eigenvalue weighted by molar-refractivity contribution is 0.0148.